The molecule has 1 amide bonds. The molecule has 7 nitrogen and oxygen atoms in total. The normalized spacial score (nSPS) is 23.9. The summed E-state index contributed by atoms with van der Waals surface area (Å²) in [6.07, 6.45) is 6.65. The van der Waals surface area contributed by atoms with Crippen molar-refractivity contribution in [1.29, 1.82) is 0 Å². The van der Waals surface area contributed by atoms with Crippen LogP contribution in [-0.2, 0) is 17.6 Å². The molecule has 1 fully saturated rings. The molecule has 0 spiro atoms. The number of fused-ring (bicyclic) bond motifs is 1. The molecule has 0 bridgehead atoms. The smallest absolute Gasteiger partial charge is 0.415 e. The van der Waals surface area contributed by atoms with Crippen molar-refractivity contribution in [3.05, 3.63) is 40.9 Å². The van der Waals surface area contributed by atoms with Crippen LogP contribution < -0.4 is 10.6 Å². The fraction of sp³-hybridized carbons (Fsp3) is 0.526. The first-order valence-corrected chi connectivity index (χ1v) is 9.39. The van der Waals surface area contributed by atoms with Crippen molar-refractivity contribution in [3.8, 4) is 0 Å². The highest BCUT2D eigenvalue weighted by molar-refractivity contribution is 5.73. The maximum Gasteiger partial charge on any atom is 0.415 e. The maximum absolute atomic E-state index is 13.9. The lowest BCUT2D eigenvalue weighted by molar-refractivity contribution is 0.130. The predicted octanol–water partition coefficient (Wildman–Crippen LogP) is 1.52. The number of pyridine rings is 1. The lowest BCUT2D eigenvalue weighted by atomic mass is 10.1. The molecule has 1 aromatic heterocycles. The van der Waals surface area contributed by atoms with Crippen LogP contribution >= 0.6 is 0 Å². The Morgan fingerprint density at radius 1 is 1.41 bits per heavy atom. The SMILES string of the molecule is Cc1ncc(F)c2c1C[C@@H](CNCC[C@H]1CN(C3=CNCC=N3)C(=O)O1)C2. The molecule has 0 unspecified atom stereocenters. The molecular formula is C19H24FN5O2. The van der Waals surface area contributed by atoms with Crippen LogP contribution in [0.2, 0.25) is 0 Å². The van der Waals surface area contributed by atoms with Gasteiger partial charge in [-0.25, -0.2) is 14.2 Å². The van der Waals surface area contributed by atoms with Gasteiger partial charge in [-0.2, -0.15) is 0 Å². The van der Waals surface area contributed by atoms with Gasteiger partial charge in [0, 0.05) is 24.7 Å². The van der Waals surface area contributed by atoms with Crippen LogP contribution in [0.15, 0.2) is 23.2 Å². The molecule has 4 rings (SSSR count). The van der Waals surface area contributed by atoms with Crippen molar-refractivity contribution in [2.75, 3.05) is 26.2 Å². The number of nitrogens with zero attached hydrogens (tertiary/aromatic N) is 3. The van der Waals surface area contributed by atoms with E-state index in [1.54, 1.807) is 17.3 Å². The Labute approximate surface area is 157 Å². The molecule has 3 heterocycles. The molecule has 2 aliphatic heterocycles. The van der Waals surface area contributed by atoms with Gasteiger partial charge in [-0.05, 0) is 56.3 Å². The van der Waals surface area contributed by atoms with Crippen LogP contribution in [0.4, 0.5) is 9.18 Å². The van der Waals surface area contributed by atoms with E-state index in [2.05, 4.69) is 20.6 Å². The maximum atomic E-state index is 13.9. The highest BCUT2D eigenvalue weighted by Gasteiger charge is 2.33. The number of nitrogens with one attached hydrogen (secondary N) is 2. The van der Waals surface area contributed by atoms with Crippen LogP contribution in [0, 0.1) is 18.7 Å². The first-order chi connectivity index (χ1) is 13.1. The zero-order valence-corrected chi connectivity index (χ0v) is 15.4. The number of hydrogen-bond acceptors (Lipinski definition) is 6. The van der Waals surface area contributed by atoms with E-state index in [9.17, 15) is 9.18 Å². The average molecular weight is 373 g/mol. The fourth-order valence-corrected chi connectivity index (χ4v) is 3.91. The van der Waals surface area contributed by atoms with E-state index in [1.807, 2.05) is 6.92 Å². The topological polar surface area (TPSA) is 78.9 Å². The molecule has 2 N–H and O–H groups in total. The first kappa shape index (κ1) is 17.9. The average Bonchev–Trinajstić information content (AvgIpc) is 3.27. The molecule has 0 saturated carbocycles. The Bertz CT molecular complexity index is 764. The summed E-state index contributed by atoms with van der Waals surface area (Å²) in [7, 11) is 0. The number of aliphatic imine (C=N–C) groups is 1. The van der Waals surface area contributed by atoms with Gasteiger partial charge < -0.3 is 15.4 Å². The highest BCUT2D eigenvalue weighted by Crippen LogP contribution is 2.30. The number of amides is 1. The molecule has 0 radical (unpaired) electrons. The predicted molar refractivity (Wildman–Crippen MR) is 98.9 cm³/mol. The Hall–Kier alpha value is -2.48. The summed E-state index contributed by atoms with van der Waals surface area (Å²) in [5, 5.41) is 6.47. The van der Waals surface area contributed by atoms with E-state index in [0.717, 1.165) is 49.2 Å². The summed E-state index contributed by atoms with van der Waals surface area (Å²) in [5.74, 6) is 0.787. The Morgan fingerprint density at radius 2 is 2.26 bits per heavy atom. The molecule has 0 aromatic carbocycles. The monoisotopic (exact) mass is 373 g/mol. The van der Waals surface area contributed by atoms with Crippen molar-refractivity contribution < 1.29 is 13.9 Å². The van der Waals surface area contributed by atoms with E-state index in [-0.39, 0.29) is 18.0 Å². The van der Waals surface area contributed by atoms with Gasteiger partial charge in [-0.15, -0.1) is 0 Å². The second-order valence-corrected chi connectivity index (χ2v) is 7.25. The number of carbonyl (C=O) groups excluding carboxylic acids is 1. The van der Waals surface area contributed by atoms with Crippen LogP contribution in [0.25, 0.3) is 0 Å². The highest BCUT2D eigenvalue weighted by atomic mass is 19.1. The van der Waals surface area contributed by atoms with Crippen molar-refractivity contribution >= 4 is 12.3 Å². The molecule has 1 aromatic rings. The largest absolute Gasteiger partial charge is 0.444 e. The minimum absolute atomic E-state index is 0.146. The zero-order chi connectivity index (χ0) is 18.8. The Morgan fingerprint density at radius 3 is 3.04 bits per heavy atom. The van der Waals surface area contributed by atoms with Gasteiger partial charge >= 0.3 is 6.09 Å². The number of aryl methyl sites for hydroxylation is 1. The molecule has 1 saturated heterocycles. The number of cyclic esters (lactones) is 1. The van der Waals surface area contributed by atoms with Gasteiger partial charge in [-0.1, -0.05) is 0 Å². The van der Waals surface area contributed by atoms with Gasteiger partial charge in [0.1, 0.15) is 11.9 Å². The van der Waals surface area contributed by atoms with Gasteiger partial charge in [0.05, 0.1) is 12.7 Å². The third kappa shape index (κ3) is 3.80. The molecule has 27 heavy (non-hydrogen) atoms. The Kier molecular flexibility index (Phi) is 5.07. The second kappa shape index (κ2) is 7.64. The molecule has 3 aliphatic rings. The van der Waals surface area contributed by atoms with Crippen LogP contribution in [0.3, 0.4) is 0 Å². The number of carbonyl (C=O) groups is 1. The quantitative estimate of drug-likeness (QED) is 0.739. The lowest BCUT2D eigenvalue weighted by Gasteiger charge is -2.16. The van der Waals surface area contributed by atoms with Gasteiger partial charge in [-0.3, -0.25) is 9.88 Å². The summed E-state index contributed by atoms with van der Waals surface area (Å²) >= 11 is 0. The van der Waals surface area contributed by atoms with E-state index in [0.29, 0.717) is 24.8 Å². The summed E-state index contributed by atoms with van der Waals surface area (Å²) in [4.78, 5) is 21.9. The number of aromatic nitrogens is 1. The van der Waals surface area contributed by atoms with Gasteiger partial charge in [0.25, 0.3) is 0 Å². The summed E-state index contributed by atoms with van der Waals surface area (Å²) in [5.41, 5.74) is 2.82. The molecule has 2 atom stereocenters. The first-order valence-electron chi connectivity index (χ1n) is 9.39. The summed E-state index contributed by atoms with van der Waals surface area (Å²) in [6, 6.07) is 0. The van der Waals surface area contributed by atoms with Crippen molar-refractivity contribution in [1.82, 2.24) is 20.5 Å². The van der Waals surface area contributed by atoms with Gasteiger partial charge in [0.15, 0.2) is 5.82 Å². The number of rotatable bonds is 6. The molecule has 8 heteroatoms. The van der Waals surface area contributed by atoms with E-state index in [4.69, 9.17) is 4.74 Å². The fourth-order valence-electron chi connectivity index (χ4n) is 3.91. The van der Waals surface area contributed by atoms with Crippen LogP contribution in [0.5, 0.6) is 0 Å². The molecule has 1 aliphatic carbocycles. The third-order valence-corrected chi connectivity index (χ3v) is 5.34. The number of hydrogen-bond donors (Lipinski definition) is 2. The second-order valence-electron chi connectivity index (χ2n) is 7.25. The van der Waals surface area contributed by atoms with E-state index >= 15 is 0 Å². The standard InChI is InChI=1S/C19H24FN5O2/c1-12-15-6-13(7-16(15)17(20)9-24-12)8-21-3-2-14-11-25(19(26)27-14)18-10-22-4-5-23-18/h5,9-10,13-14,21-22H,2-4,6-8,11H2,1H3/t13-,14+/m1/s1. The Balaban J connectivity index is 1.21. The number of halogens is 1. The summed E-state index contributed by atoms with van der Waals surface area (Å²) in [6.45, 7) is 4.69. The molecular weight excluding hydrogens is 349 g/mol. The summed E-state index contributed by atoms with van der Waals surface area (Å²) < 4.78 is 19.3. The minimum Gasteiger partial charge on any atom is -0.444 e. The minimum atomic E-state index is -0.350. The van der Waals surface area contributed by atoms with Crippen LogP contribution in [0.1, 0.15) is 23.2 Å². The van der Waals surface area contributed by atoms with E-state index in [1.165, 1.54) is 6.20 Å². The van der Waals surface area contributed by atoms with Crippen LogP contribution in [-0.4, -0.2) is 54.5 Å². The van der Waals surface area contributed by atoms with E-state index < -0.39 is 0 Å². The lowest BCUT2D eigenvalue weighted by Crippen LogP contribution is -2.29. The zero-order valence-electron chi connectivity index (χ0n) is 15.4. The number of ether oxygens (including phenoxy) is 1. The third-order valence-electron chi connectivity index (χ3n) is 5.34. The van der Waals surface area contributed by atoms with Crippen molar-refractivity contribution in [2.45, 2.75) is 32.3 Å². The molecule has 144 valence electrons. The van der Waals surface area contributed by atoms with Crippen molar-refractivity contribution in [2.24, 2.45) is 10.9 Å². The van der Waals surface area contributed by atoms with Gasteiger partial charge in [0.2, 0.25) is 0 Å². The van der Waals surface area contributed by atoms with Crippen molar-refractivity contribution in [3.63, 3.8) is 0 Å².